The molecule has 0 saturated carbocycles. The Morgan fingerprint density at radius 3 is 2.50 bits per heavy atom. The average molecular weight is 241 g/mol. The third-order valence-electron chi connectivity index (χ3n) is 2.08. The number of carboxylic acids is 1. The largest absolute Gasteiger partial charge is 0.478 e. The molecule has 0 aromatic carbocycles. The molecule has 0 unspecified atom stereocenters. The van der Waals surface area contributed by atoms with Gasteiger partial charge in [-0.1, -0.05) is 25.4 Å². The van der Waals surface area contributed by atoms with Crippen LogP contribution in [0, 0.1) is 11.3 Å². The molecular weight excluding hydrogens is 232 g/mol. The average Bonchev–Trinajstić information content (AvgIpc) is 2.19. The number of nitrogens with zero attached hydrogens (tertiary/aromatic N) is 1. The van der Waals surface area contributed by atoms with Gasteiger partial charge in [-0.3, -0.25) is 4.79 Å². The number of aromatic nitrogens is 1. The van der Waals surface area contributed by atoms with Gasteiger partial charge in [-0.25, -0.2) is 4.79 Å². The van der Waals surface area contributed by atoms with Gasteiger partial charge < -0.3 is 10.1 Å². The summed E-state index contributed by atoms with van der Waals surface area (Å²) in [6, 6.07) is 1.54. The van der Waals surface area contributed by atoms with Gasteiger partial charge in [0.2, 0.25) is 0 Å². The predicted molar refractivity (Wildman–Crippen MR) is 57.8 cm³/mol. The van der Waals surface area contributed by atoms with Crippen molar-refractivity contribution >= 4 is 17.6 Å². The van der Waals surface area contributed by atoms with Gasteiger partial charge in [0, 0.05) is 5.69 Å². The summed E-state index contributed by atoms with van der Waals surface area (Å²) in [4.78, 5) is 24.8. The molecule has 1 aromatic rings. The van der Waals surface area contributed by atoms with Gasteiger partial charge in [0.05, 0.1) is 5.02 Å². The molecule has 0 aliphatic heterocycles. The fourth-order valence-corrected chi connectivity index (χ4v) is 1.74. The van der Waals surface area contributed by atoms with Crippen LogP contribution in [0.3, 0.4) is 0 Å². The molecule has 0 radical (unpaired) electrons. The lowest BCUT2D eigenvalue weighted by Gasteiger charge is -2.10. The number of aromatic amines is 1. The second kappa shape index (κ2) is 4.37. The van der Waals surface area contributed by atoms with Crippen molar-refractivity contribution in [3.8, 4) is 6.07 Å². The summed E-state index contributed by atoms with van der Waals surface area (Å²) in [7, 11) is 0. The first-order chi connectivity index (χ1) is 7.40. The van der Waals surface area contributed by atoms with Gasteiger partial charge in [0.25, 0.3) is 5.56 Å². The third-order valence-corrected chi connectivity index (χ3v) is 2.48. The van der Waals surface area contributed by atoms with Gasteiger partial charge in [-0.05, 0) is 5.92 Å². The third kappa shape index (κ3) is 1.92. The molecular formula is C10H9ClN2O3. The Morgan fingerprint density at radius 1 is 1.56 bits per heavy atom. The zero-order chi connectivity index (χ0) is 12.5. The Balaban J connectivity index is 3.75. The number of rotatable bonds is 2. The Morgan fingerprint density at radius 2 is 2.12 bits per heavy atom. The molecule has 1 heterocycles. The predicted octanol–water partition coefficient (Wildman–Crippen LogP) is 1.72. The quantitative estimate of drug-likeness (QED) is 0.823. The summed E-state index contributed by atoms with van der Waals surface area (Å²) in [5.74, 6) is -1.51. The van der Waals surface area contributed by atoms with E-state index in [9.17, 15) is 9.59 Å². The zero-order valence-electron chi connectivity index (χ0n) is 8.67. The molecule has 16 heavy (non-hydrogen) atoms. The van der Waals surface area contributed by atoms with Crippen LogP contribution in [0.15, 0.2) is 4.79 Å². The van der Waals surface area contributed by atoms with Crippen molar-refractivity contribution in [3.63, 3.8) is 0 Å². The van der Waals surface area contributed by atoms with E-state index >= 15 is 0 Å². The van der Waals surface area contributed by atoms with Crippen LogP contribution in [0.5, 0.6) is 0 Å². The number of carboxylic acid groups (broad SMARTS) is 1. The first kappa shape index (κ1) is 12.3. The fraction of sp³-hybridized carbons (Fsp3) is 0.300. The van der Waals surface area contributed by atoms with Crippen LogP contribution in [0.25, 0.3) is 0 Å². The number of nitrogens with one attached hydrogen (secondary N) is 1. The first-order valence-electron chi connectivity index (χ1n) is 4.49. The van der Waals surface area contributed by atoms with Crippen molar-refractivity contribution < 1.29 is 9.90 Å². The lowest BCUT2D eigenvalue weighted by molar-refractivity contribution is 0.0696. The van der Waals surface area contributed by atoms with Crippen LogP contribution in [0.1, 0.15) is 41.4 Å². The van der Waals surface area contributed by atoms with Crippen LogP contribution in [0.2, 0.25) is 5.02 Å². The summed E-state index contributed by atoms with van der Waals surface area (Å²) in [5.41, 5.74) is -1.31. The van der Waals surface area contributed by atoms with Gasteiger partial charge >= 0.3 is 5.97 Å². The highest BCUT2D eigenvalue weighted by Gasteiger charge is 2.22. The Hall–Kier alpha value is -1.80. The standard InChI is InChI=1S/C10H9ClN2O3/c1-4(2)8-7(11)6(10(15)16)5(3-12)9(14)13-8/h4H,1-2H3,(H,13,14)(H,15,16). The molecule has 5 nitrogen and oxygen atoms in total. The topological polar surface area (TPSA) is 94.0 Å². The summed E-state index contributed by atoms with van der Waals surface area (Å²) >= 11 is 5.85. The lowest BCUT2D eigenvalue weighted by Crippen LogP contribution is -2.20. The number of hydrogen-bond donors (Lipinski definition) is 2. The van der Waals surface area contributed by atoms with Crippen LogP contribution in [-0.4, -0.2) is 16.1 Å². The highest BCUT2D eigenvalue weighted by molar-refractivity contribution is 6.34. The maximum Gasteiger partial charge on any atom is 0.338 e. The molecule has 2 N–H and O–H groups in total. The minimum absolute atomic E-state index is 0.0846. The lowest BCUT2D eigenvalue weighted by atomic mass is 10.0. The number of hydrogen-bond acceptors (Lipinski definition) is 3. The van der Waals surface area contributed by atoms with E-state index < -0.39 is 22.7 Å². The number of H-pyrrole nitrogens is 1. The molecule has 6 heteroatoms. The van der Waals surface area contributed by atoms with E-state index in [1.165, 1.54) is 0 Å². The normalized spacial score (nSPS) is 10.2. The van der Waals surface area contributed by atoms with E-state index in [-0.39, 0.29) is 10.9 Å². The summed E-state index contributed by atoms with van der Waals surface area (Å²) in [6.45, 7) is 3.52. The van der Waals surface area contributed by atoms with E-state index in [0.717, 1.165) is 0 Å². The minimum atomic E-state index is -1.38. The molecule has 0 spiro atoms. The maximum atomic E-state index is 11.5. The molecule has 0 aliphatic rings. The van der Waals surface area contributed by atoms with Crippen molar-refractivity contribution in [2.24, 2.45) is 0 Å². The summed E-state index contributed by atoms with van der Waals surface area (Å²) in [5, 5.41) is 17.5. The molecule has 1 aromatic heterocycles. The maximum absolute atomic E-state index is 11.5. The SMILES string of the molecule is CC(C)c1[nH]c(=O)c(C#N)c(C(=O)O)c1Cl. The van der Waals surface area contributed by atoms with E-state index in [1.807, 2.05) is 0 Å². The molecule has 0 fully saturated rings. The highest BCUT2D eigenvalue weighted by atomic mass is 35.5. The first-order valence-corrected chi connectivity index (χ1v) is 4.87. The Kier molecular flexibility index (Phi) is 3.35. The second-order valence-corrected chi connectivity index (χ2v) is 3.88. The van der Waals surface area contributed by atoms with E-state index in [1.54, 1.807) is 19.9 Å². The number of nitriles is 1. The van der Waals surface area contributed by atoms with E-state index in [2.05, 4.69) is 4.98 Å². The van der Waals surface area contributed by atoms with Crippen molar-refractivity contribution in [3.05, 3.63) is 32.2 Å². The molecule has 0 amide bonds. The van der Waals surface area contributed by atoms with Crippen molar-refractivity contribution in [2.75, 3.05) is 0 Å². The zero-order valence-corrected chi connectivity index (χ0v) is 9.42. The Bertz CT molecular complexity index is 540. The van der Waals surface area contributed by atoms with Crippen molar-refractivity contribution in [2.45, 2.75) is 19.8 Å². The number of carbonyl (C=O) groups is 1. The minimum Gasteiger partial charge on any atom is -0.478 e. The van der Waals surface area contributed by atoms with Crippen molar-refractivity contribution in [1.29, 1.82) is 5.26 Å². The summed E-state index contributed by atoms with van der Waals surface area (Å²) in [6.07, 6.45) is 0. The smallest absolute Gasteiger partial charge is 0.338 e. The molecule has 1 rings (SSSR count). The molecule has 84 valence electrons. The molecule has 0 bridgehead atoms. The Labute approximate surface area is 96.3 Å². The van der Waals surface area contributed by atoms with Crippen LogP contribution >= 0.6 is 11.6 Å². The number of pyridine rings is 1. The van der Waals surface area contributed by atoms with Crippen LogP contribution in [0.4, 0.5) is 0 Å². The van der Waals surface area contributed by atoms with Gasteiger partial charge in [0.1, 0.15) is 17.2 Å². The van der Waals surface area contributed by atoms with Crippen molar-refractivity contribution in [1.82, 2.24) is 4.98 Å². The number of aromatic carboxylic acids is 1. The monoisotopic (exact) mass is 240 g/mol. The molecule has 0 atom stereocenters. The van der Waals surface area contributed by atoms with E-state index in [0.29, 0.717) is 5.69 Å². The van der Waals surface area contributed by atoms with Gasteiger partial charge in [-0.15, -0.1) is 0 Å². The molecule has 0 saturated heterocycles. The second-order valence-electron chi connectivity index (χ2n) is 3.50. The number of halogens is 1. The molecule has 0 aliphatic carbocycles. The highest BCUT2D eigenvalue weighted by Crippen LogP contribution is 2.25. The van der Waals surface area contributed by atoms with Gasteiger partial charge in [0.15, 0.2) is 0 Å². The fourth-order valence-electron chi connectivity index (χ4n) is 1.30. The van der Waals surface area contributed by atoms with Gasteiger partial charge in [-0.2, -0.15) is 5.26 Å². The van der Waals surface area contributed by atoms with Crippen LogP contribution < -0.4 is 5.56 Å². The van der Waals surface area contributed by atoms with E-state index in [4.69, 9.17) is 22.0 Å². The summed E-state index contributed by atoms with van der Waals surface area (Å²) < 4.78 is 0. The van der Waals surface area contributed by atoms with Crippen LogP contribution in [-0.2, 0) is 0 Å².